The van der Waals surface area contributed by atoms with Crippen LogP contribution < -0.4 is 0 Å². The van der Waals surface area contributed by atoms with Crippen molar-refractivity contribution in [1.29, 1.82) is 5.26 Å². The summed E-state index contributed by atoms with van der Waals surface area (Å²) in [6.45, 7) is 1.72. The lowest BCUT2D eigenvalue weighted by molar-refractivity contribution is -0.137. The highest BCUT2D eigenvalue weighted by Gasteiger charge is 2.31. The van der Waals surface area contributed by atoms with E-state index in [0.717, 1.165) is 122 Å². The summed E-state index contributed by atoms with van der Waals surface area (Å²) in [5.41, 5.74) is 11.9. The van der Waals surface area contributed by atoms with Gasteiger partial charge in [-0.1, -0.05) is 97.1 Å². The quantitative estimate of drug-likeness (QED) is 0.177. The summed E-state index contributed by atoms with van der Waals surface area (Å²) in [6, 6.07) is 59.2. The second-order valence-electron chi connectivity index (χ2n) is 16.7. The Morgan fingerprint density at radius 1 is 0.462 bits per heavy atom. The molecule has 0 atom stereocenters. The maximum Gasteiger partial charge on any atom is 0.416 e. The zero-order chi connectivity index (χ0) is 43.7. The first-order valence-corrected chi connectivity index (χ1v) is 21.3. The molecular formula is C57H32F3N3O2. The molecule has 13 aromatic rings. The van der Waals surface area contributed by atoms with Crippen molar-refractivity contribution in [3.8, 4) is 39.7 Å². The number of benzene rings is 9. The van der Waals surface area contributed by atoms with Crippen molar-refractivity contribution < 1.29 is 22.0 Å². The highest BCUT2D eigenvalue weighted by Crippen LogP contribution is 2.47. The van der Waals surface area contributed by atoms with Crippen LogP contribution in [0.2, 0.25) is 0 Å². The largest absolute Gasteiger partial charge is 0.455 e. The minimum atomic E-state index is -4.47. The molecule has 9 aromatic carbocycles. The summed E-state index contributed by atoms with van der Waals surface area (Å²) in [4.78, 5) is 0. The highest BCUT2D eigenvalue weighted by atomic mass is 19.4. The van der Waals surface area contributed by atoms with E-state index in [1.165, 1.54) is 6.07 Å². The summed E-state index contributed by atoms with van der Waals surface area (Å²) in [5, 5.41) is 18.4. The average molecular weight is 848 g/mol. The van der Waals surface area contributed by atoms with E-state index in [0.29, 0.717) is 16.7 Å². The van der Waals surface area contributed by atoms with Gasteiger partial charge in [-0.2, -0.15) is 18.4 Å². The van der Waals surface area contributed by atoms with Gasteiger partial charge in [0, 0.05) is 43.4 Å². The SMILES string of the molecule is Cc1cc(C(F)(F)F)ccc1-c1ccc(-c2ccc(C#N)cc2-n2c3ccccc3c3c4oc5ccccc5c4ccc32)c(-n2c3ccccc3c3c4oc5ccccc5c4ccc32)c1. The fraction of sp³-hybridized carbons (Fsp3) is 0.0351. The number of aromatic nitrogens is 2. The fourth-order valence-electron chi connectivity index (χ4n) is 10.3. The first-order chi connectivity index (χ1) is 31.7. The number of alkyl halides is 3. The normalized spacial score (nSPS) is 12.3. The third-order valence-corrected chi connectivity index (χ3v) is 13.1. The maximum absolute atomic E-state index is 14.0. The molecule has 8 heteroatoms. The van der Waals surface area contributed by atoms with Gasteiger partial charge in [-0.05, 0) is 102 Å². The van der Waals surface area contributed by atoms with Crippen LogP contribution in [0.25, 0.3) is 121 Å². The van der Waals surface area contributed by atoms with E-state index in [-0.39, 0.29) is 0 Å². The van der Waals surface area contributed by atoms with Gasteiger partial charge in [-0.25, -0.2) is 0 Å². The molecule has 5 nitrogen and oxygen atoms in total. The van der Waals surface area contributed by atoms with E-state index in [1.807, 2.05) is 84.9 Å². The van der Waals surface area contributed by atoms with Crippen LogP contribution in [-0.4, -0.2) is 9.13 Å². The molecule has 0 aliphatic rings. The zero-order valence-corrected chi connectivity index (χ0v) is 34.5. The van der Waals surface area contributed by atoms with Gasteiger partial charge in [-0.3, -0.25) is 0 Å². The topological polar surface area (TPSA) is 59.9 Å². The van der Waals surface area contributed by atoms with Crippen LogP contribution in [0.5, 0.6) is 0 Å². The Hall–Kier alpha value is -8.54. The van der Waals surface area contributed by atoms with Crippen LogP contribution in [0, 0.1) is 18.3 Å². The number of hydrogen-bond donors (Lipinski definition) is 0. The number of fused-ring (bicyclic) bond motifs is 14. The molecule has 308 valence electrons. The molecule has 13 rings (SSSR count). The van der Waals surface area contributed by atoms with Gasteiger partial charge in [0.25, 0.3) is 0 Å². The second-order valence-corrected chi connectivity index (χ2v) is 16.7. The summed E-state index contributed by atoms with van der Waals surface area (Å²) >= 11 is 0. The first kappa shape index (κ1) is 37.1. The monoisotopic (exact) mass is 847 g/mol. The van der Waals surface area contributed by atoms with Gasteiger partial charge in [0.05, 0.1) is 61.4 Å². The Morgan fingerprint density at radius 3 is 1.49 bits per heavy atom. The zero-order valence-electron chi connectivity index (χ0n) is 34.5. The van der Waals surface area contributed by atoms with Crippen LogP contribution in [-0.2, 0) is 6.18 Å². The third-order valence-electron chi connectivity index (χ3n) is 13.1. The van der Waals surface area contributed by atoms with Gasteiger partial charge in [-0.15, -0.1) is 0 Å². The molecule has 0 aliphatic heterocycles. The molecule has 4 aromatic heterocycles. The molecule has 0 N–H and O–H groups in total. The van der Waals surface area contributed by atoms with E-state index in [1.54, 1.807) is 13.0 Å². The first-order valence-electron chi connectivity index (χ1n) is 21.3. The molecule has 0 unspecified atom stereocenters. The summed E-state index contributed by atoms with van der Waals surface area (Å²) < 4.78 is 59.6. The molecule has 0 saturated heterocycles. The number of aryl methyl sites for hydroxylation is 1. The Morgan fingerprint density at radius 2 is 0.954 bits per heavy atom. The Labute approximate surface area is 368 Å². The lowest BCUT2D eigenvalue weighted by atomic mass is 9.93. The number of nitrogens with zero attached hydrogens (tertiary/aromatic N) is 3. The number of furan rings is 2. The van der Waals surface area contributed by atoms with E-state index < -0.39 is 11.7 Å². The summed E-state index contributed by atoms with van der Waals surface area (Å²) in [6.07, 6.45) is -4.47. The second kappa shape index (κ2) is 13.5. The molecule has 65 heavy (non-hydrogen) atoms. The van der Waals surface area contributed by atoms with E-state index in [2.05, 4.69) is 88.0 Å². The summed E-state index contributed by atoms with van der Waals surface area (Å²) in [7, 11) is 0. The van der Waals surface area contributed by atoms with Crippen molar-refractivity contribution in [3.05, 3.63) is 193 Å². The molecule has 0 fully saturated rings. The highest BCUT2D eigenvalue weighted by molar-refractivity contribution is 6.25. The summed E-state index contributed by atoms with van der Waals surface area (Å²) in [5.74, 6) is 0. The van der Waals surface area contributed by atoms with Crippen LogP contribution in [0.15, 0.2) is 185 Å². The number of nitriles is 1. The van der Waals surface area contributed by atoms with Crippen LogP contribution >= 0.6 is 0 Å². The van der Waals surface area contributed by atoms with Crippen molar-refractivity contribution >= 4 is 87.5 Å². The van der Waals surface area contributed by atoms with Gasteiger partial charge < -0.3 is 18.0 Å². The molecule has 0 aliphatic carbocycles. The average Bonchev–Trinajstić information content (AvgIpc) is 4.08. The minimum Gasteiger partial charge on any atom is -0.455 e. The fourth-order valence-corrected chi connectivity index (χ4v) is 10.3. The molecule has 0 bridgehead atoms. The predicted octanol–water partition coefficient (Wildman–Crippen LogP) is 16.2. The van der Waals surface area contributed by atoms with Crippen molar-refractivity contribution in [2.45, 2.75) is 13.1 Å². The molecule has 0 radical (unpaired) electrons. The smallest absolute Gasteiger partial charge is 0.416 e. The van der Waals surface area contributed by atoms with Crippen LogP contribution in [0.4, 0.5) is 13.2 Å². The van der Waals surface area contributed by atoms with Gasteiger partial charge in [0.2, 0.25) is 0 Å². The van der Waals surface area contributed by atoms with E-state index in [4.69, 9.17) is 8.83 Å². The Kier molecular flexibility index (Phi) is 7.68. The Balaban J connectivity index is 1.14. The number of hydrogen-bond acceptors (Lipinski definition) is 3. The minimum absolute atomic E-state index is 0.488. The Bertz CT molecular complexity index is 4210. The van der Waals surface area contributed by atoms with Gasteiger partial charge >= 0.3 is 6.18 Å². The van der Waals surface area contributed by atoms with Gasteiger partial charge in [0.15, 0.2) is 0 Å². The number of para-hydroxylation sites is 4. The lowest BCUT2D eigenvalue weighted by Gasteiger charge is -2.20. The van der Waals surface area contributed by atoms with Crippen LogP contribution in [0.1, 0.15) is 16.7 Å². The van der Waals surface area contributed by atoms with Crippen molar-refractivity contribution in [1.82, 2.24) is 9.13 Å². The predicted molar refractivity (Wildman–Crippen MR) is 255 cm³/mol. The van der Waals surface area contributed by atoms with E-state index >= 15 is 0 Å². The molecule has 4 heterocycles. The molecule has 0 spiro atoms. The van der Waals surface area contributed by atoms with Gasteiger partial charge in [0.1, 0.15) is 22.3 Å². The van der Waals surface area contributed by atoms with Crippen molar-refractivity contribution in [3.63, 3.8) is 0 Å². The standard InChI is InChI=1S/C57H32F3N3O2/c1-32-28-35(57(58,59)60)20-23-36(32)34-19-22-38(50(30-34)63-46-15-7-3-13-44(46)54-48(63)27-25-42-40-11-5-9-17-52(40)65-56(42)54)37-21-18-33(31-61)29-49(37)62-45-14-6-2-12-43(45)53-47(62)26-24-41-39-10-4-8-16-51(39)64-55(41)53/h2-30H,1H3. The molecule has 0 amide bonds. The van der Waals surface area contributed by atoms with Crippen LogP contribution in [0.3, 0.4) is 0 Å². The van der Waals surface area contributed by atoms with Crippen molar-refractivity contribution in [2.75, 3.05) is 0 Å². The number of halogens is 3. The molecular weight excluding hydrogens is 816 g/mol. The third kappa shape index (κ3) is 5.33. The maximum atomic E-state index is 14.0. The molecule has 0 saturated carbocycles. The lowest BCUT2D eigenvalue weighted by Crippen LogP contribution is -2.05. The number of rotatable bonds is 4. The van der Waals surface area contributed by atoms with E-state index in [9.17, 15) is 18.4 Å². The van der Waals surface area contributed by atoms with Crippen molar-refractivity contribution in [2.24, 2.45) is 0 Å².